The van der Waals surface area contributed by atoms with Crippen LogP contribution < -0.4 is 10.1 Å². The van der Waals surface area contributed by atoms with Crippen molar-refractivity contribution in [2.75, 3.05) is 5.32 Å². The number of carbonyl (C=O) groups is 2. The van der Waals surface area contributed by atoms with Gasteiger partial charge in [0.1, 0.15) is 11.9 Å². The zero-order valence-corrected chi connectivity index (χ0v) is 19.1. The second-order valence-electron chi connectivity index (χ2n) is 8.81. The van der Waals surface area contributed by atoms with Gasteiger partial charge in [0.25, 0.3) is 5.91 Å². The molecule has 1 aliphatic heterocycles. The third-order valence-corrected chi connectivity index (χ3v) is 6.45. The molecule has 2 heterocycles. The Balaban J connectivity index is 1.33. The van der Waals surface area contributed by atoms with Gasteiger partial charge in [-0.3, -0.25) is 14.2 Å². The summed E-state index contributed by atoms with van der Waals surface area (Å²) in [6.07, 6.45) is 0.787. The minimum absolute atomic E-state index is 0.0442. The summed E-state index contributed by atoms with van der Waals surface area (Å²) in [6, 6.07) is 23.0. The molecule has 0 aliphatic carbocycles. The summed E-state index contributed by atoms with van der Waals surface area (Å²) in [7, 11) is 0. The van der Waals surface area contributed by atoms with E-state index in [1.807, 2.05) is 50.2 Å². The van der Waals surface area contributed by atoms with E-state index in [0.29, 0.717) is 22.4 Å². The van der Waals surface area contributed by atoms with E-state index in [0.717, 1.165) is 23.2 Å². The minimum Gasteiger partial charge on any atom is -0.489 e. The summed E-state index contributed by atoms with van der Waals surface area (Å²) in [4.78, 5) is 24.6. The average molecular weight is 455 g/mol. The summed E-state index contributed by atoms with van der Waals surface area (Å²) >= 11 is 0. The minimum atomic E-state index is -0.897. The van der Waals surface area contributed by atoms with Crippen LogP contribution in [0.25, 0.3) is 10.9 Å². The van der Waals surface area contributed by atoms with Crippen LogP contribution in [0.5, 0.6) is 5.75 Å². The maximum atomic E-state index is 13.3. The van der Waals surface area contributed by atoms with Crippen LogP contribution in [0.1, 0.15) is 34.1 Å². The molecule has 4 aromatic rings. The van der Waals surface area contributed by atoms with Crippen LogP contribution in [-0.4, -0.2) is 33.7 Å². The van der Waals surface area contributed by atoms with Gasteiger partial charge in [0.05, 0.1) is 18.0 Å². The maximum absolute atomic E-state index is 13.3. The van der Waals surface area contributed by atoms with Gasteiger partial charge < -0.3 is 15.2 Å². The first-order chi connectivity index (χ1) is 16.4. The molecule has 34 heavy (non-hydrogen) atoms. The lowest BCUT2D eigenvalue weighted by molar-refractivity contribution is -0.136. The fraction of sp³-hybridized carbons (Fsp3) is 0.214. The maximum Gasteiger partial charge on any atom is 0.307 e. The first-order valence-corrected chi connectivity index (χ1v) is 11.4. The van der Waals surface area contributed by atoms with Crippen molar-refractivity contribution >= 4 is 28.5 Å². The summed E-state index contributed by atoms with van der Waals surface area (Å²) in [6.45, 7) is 3.90. The van der Waals surface area contributed by atoms with Gasteiger partial charge in [-0.1, -0.05) is 30.3 Å². The van der Waals surface area contributed by atoms with Crippen molar-refractivity contribution in [2.24, 2.45) is 0 Å². The highest BCUT2D eigenvalue weighted by molar-refractivity contribution is 6.04. The molecule has 0 saturated heterocycles. The first-order valence-electron chi connectivity index (χ1n) is 11.4. The molecule has 0 bridgehead atoms. The first kappa shape index (κ1) is 21.8. The SMILES string of the molecule is Cc1cc2c(CC(=O)O)cccc2n1C(=O)c1ccc(OC(C)C2Cc3ccccc3N2)cc1. The second-order valence-corrected chi connectivity index (χ2v) is 8.81. The van der Waals surface area contributed by atoms with Crippen LogP contribution in [0.4, 0.5) is 5.69 Å². The smallest absolute Gasteiger partial charge is 0.307 e. The summed E-state index contributed by atoms with van der Waals surface area (Å²) in [5.41, 5.74) is 5.16. The van der Waals surface area contributed by atoms with E-state index in [1.165, 1.54) is 5.56 Å². The lowest BCUT2D eigenvalue weighted by Gasteiger charge is -2.22. The highest BCUT2D eigenvalue weighted by Crippen LogP contribution is 2.29. The Bertz CT molecular complexity index is 1360. The van der Waals surface area contributed by atoms with Crippen molar-refractivity contribution in [3.8, 4) is 5.75 Å². The molecule has 2 unspecified atom stereocenters. The van der Waals surface area contributed by atoms with Crippen molar-refractivity contribution in [2.45, 2.75) is 38.8 Å². The highest BCUT2D eigenvalue weighted by Gasteiger charge is 2.26. The van der Waals surface area contributed by atoms with Gasteiger partial charge in [-0.15, -0.1) is 0 Å². The molecule has 5 rings (SSSR count). The number of benzene rings is 3. The number of anilines is 1. The molecule has 1 aromatic heterocycles. The Morgan fingerprint density at radius 3 is 2.59 bits per heavy atom. The van der Waals surface area contributed by atoms with Crippen molar-refractivity contribution in [3.05, 3.63) is 95.2 Å². The molecule has 0 amide bonds. The predicted molar refractivity (Wildman–Crippen MR) is 132 cm³/mol. The zero-order chi connectivity index (χ0) is 23.8. The third kappa shape index (κ3) is 4.03. The fourth-order valence-electron chi connectivity index (χ4n) is 4.72. The molecule has 1 aliphatic rings. The van der Waals surface area contributed by atoms with E-state index >= 15 is 0 Å². The fourth-order valence-corrected chi connectivity index (χ4v) is 4.72. The summed E-state index contributed by atoms with van der Waals surface area (Å²) in [5, 5.41) is 13.5. The van der Waals surface area contributed by atoms with Gasteiger partial charge in [-0.25, -0.2) is 0 Å². The molecule has 0 saturated carbocycles. The molecule has 0 fully saturated rings. The Morgan fingerprint density at radius 2 is 1.85 bits per heavy atom. The van der Waals surface area contributed by atoms with Gasteiger partial charge in [0.2, 0.25) is 0 Å². The lowest BCUT2D eigenvalue weighted by Crippen LogP contribution is -2.33. The molecule has 0 radical (unpaired) electrons. The number of carbonyl (C=O) groups excluding carboxylic acids is 1. The van der Waals surface area contributed by atoms with Crippen LogP contribution in [0, 0.1) is 6.92 Å². The largest absolute Gasteiger partial charge is 0.489 e. The number of para-hydroxylation sites is 1. The zero-order valence-electron chi connectivity index (χ0n) is 19.1. The Kier molecular flexibility index (Phi) is 5.57. The number of ether oxygens (including phenoxy) is 1. The quantitative estimate of drug-likeness (QED) is 0.425. The topological polar surface area (TPSA) is 80.6 Å². The molecular weight excluding hydrogens is 428 g/mol. The van der Waals surface area contributed by atoms with E-state index in [1.54, 1.807) is 28.8 Å². The number of fused-ring (bicyclic) bond motifs is 2. The molecular formula is C28H26N2O4. The van der Waals surface area contributed by atoms with E-state index in [9.17, 15) is 14.7 Å². The van der Waals surface area contributed by atoms with Crippen LogP contribution in [0.3, 0.4) is 0 Å². The second kappa shape index (κ2) is 8.71. The number of nitrogens with one attached hydrogen (secondary N) is 1. The molecule has 6 nitrogen and oxygen atoms in total. The molecule has 172 valence electrons. The molecule has 6 heteroatoms. The molecule has 2 atom stereocenters. The van der Waals surface area contributed by atoms with Crippen LogP contribution in [0.2, 0.25) is 0 Å². The molecule has 2 N–H and O–H groups in total. The normalized spacial score (nSPS) is 15.5. The summed E-state index contributed by atoms with van der Waals surface area (Å²) in [5.74, 6) is -0.349. The number of aliphatic carboxylic acids is 1. The number of hydrogen-bond donors (Lipinski definition) is 2. The molecule has 3 aromatic carbocycles. The van der Waals surface area contributed by atoms with Crippen LogP contribution in [-0.2, 0) is 17.6 Å². The standard InChI is InChI=1S/C28H26N2O4/c1-17-14-23-20(16-27(31)32)7-5-9-26(23)30(17)28(33)19-10-12-22(13-11-19)34-18(2)25-15-21-6-3-4-8-24(21)29-25/h3-14,18,25,29H,15-16H2,1-2H3,(H,31,32). The number of aromatic nitrogens is 1. The predicted octanol–water partition coefficient (Wildman–Crippen LogP) is 5.07. The molecule has 0 spiro atoms. The van der Waals surface area contributed by atoms with Gasteiger partial charge >= 0.3 is 5.97 Å². The van der Waals surface area contributed by atoms with E-state index in [4.69, 9.17) is 4.74 Å². The van der Waals surface area contributed by atoms with Crippen molar-refractivity contribution < 1.29 is 19.4 Å². The third-order valence-electron chi connectivity index (χ3n) is 6.45. The average Bonchev–Trinajstić information content (AvgIpc) is 3.40. The number of carboxylic acids is 1. The van der Waals surface area contributed by atoms with E-state index < -0.39 is 5.97 Å². The highest BCUT2D eigenvalue weighted by atomic mass is 16.5. The summed E-state index contributed by atoms with van der Waals surface area (Å²) < 4.78 is 7.80. The van der Waals surface area contributed by atoms with Crippen molar-refractivity contribution in [1.29, 1.82) is 0 Å². The lowest BCUT2D eigenvalue weighted by atomic mass is 10.1. The van der Waals surface area contributed by atoms with E-state index in [2.05, 4.69) is 17.4 Å². The van der Waals surface area contributed by atoms with Crippen molar-refractivity contribution in [1.82, 2.24) is 4.57 Å². The van der Waals surface area contributed by atoms with E-state index in [-0.39, 0.29) is 24.5 Å². The Morgan fingerprint density at radius 1 is 1.09 bits per heavy atom. The van der Waals surface area contributed by atoms with Gasteiger partial charge in [-0.05, 0) is 73.9 Å². The van der Waals surface area contributed by atoms with Gasteiger partial charge in [0.15, 0.2) is 0 Å². The number of aryl methyl sites for hydroxylation is 1. The number of carboxylic acid groups (broad SMARTS) is 1. The van der Waals surface area contributed by atoms with Gasteiger partial charge in [-0.2, -0.15) is 0 Å². The Hall–Kier alpha value is -4.06. The van der Waals surface area contributed by atoms with Crippen LogP contribution >= 0.6 is 0 Å². The Labute approximate surface area is 197 Å². The van der Waals surface area contributed by atoms with Crippen LogP contribution in [0.15, 0.2) is 72.8 Å². The van der Waals surface area contributed by atoms with Crippen molar-refractivity contribution in [3.63, 3.8) is 0 Å². The number of rotatable bonds is 6. The number of nitrogens with zero attached hydrogens (tertiary/aromatic N) is 1. The monoisotopic (exact) mass is 454 g/mol. The number of hydrogen-bond acceptors (Lipinski definition) is 4. The van der Waals surface area contributed by atoms with Gasteiger partial charge in [0, 0.05) is 22.3 Å².